The molecule has 1 N–H and O–H groups in total. The second-order valence-corrected chi connectivity index (χ2v) is 8.10. The van der Waals surface area contributed by atoms with Gasteiger partial charge in [0.25, 0.3) is 0 Å². The Labute approximate surface area is 171 Å². The molecular formula is C23H40NO4+. The van der Waals surface area contributed by atoms with Gasteiger partial charge in [-0.15, -0.1) is 0 Å². The van der Waals surface area contributed by atoms with Crippen LogP contribution in [0.1, 0.15) is 64.7 Å². The topological polar surface area (TPSA) is 63.6 Å². The minimum atomic E-state index is -0.950. The van der Waals surface area contributed by atoms with Gasteiger partial charge in [-0.3, -0.25) is 9.59 Å². The third-order valence-electron chi connectivity index (χ3n) is 3.99. The number of nitrogens with zero attached hydrogens (tertiary/aromatic N) is 1. The maximum atomic E-state index is 11.9. The minimum Gasteiger partial charge on any atom is -0.481 e. The Morgan fingerprint density at radius 2 is 1.50 bits per heavy atom. The molecule has 0 aliphatic rings. The van der Waals surface area contributed by atoms with Crippen LogP contribution in [0.15, 0.2) is 36.5 Å². The van der Waals surface area contributed by atoms with Crippen molar-refractivity contribution in [3.05, 3.63) is 36.5 Å². The molecule has 0 aromatic heterocycles. The van der Waals surface area contributed by atoms with Crippen LogP contribution in [0.3, 0.4) is 0 Å². The number of hydrogen-bond donors (Lipinski definition) is 1. The van der Waals surface area contributed by atoms with Gasteiger partial charge in [-0.1, -0.05) is 56.2 Å². The number of hydrogen-bond acceptors (Lipinski definition) is 3. The quantitative estimate of drug-likeness (QED) is 0.175. The van der Waals surface area contributed by atoms with E-state index in [9.17, 15) is 9.59 Å². The van der Waals surface area contributed by atoms with Crippen molar-refractivity contribution in [3.63, 3.8) is 0 Å². The Balaban J connectivity index is 3.96. The molecule has 0 rings (SSSR count). The van der Waals surface area contributed by atoms with Gasteiger partial charge in [-0.2, -0.15) is 0 Å². The summed E-state index contributed by atoms with van der Waals surface area (Å²) in [6.45, 7) is 2.69. The van der Waals surface area contributed by atoms with Crippen molar-refractivity contribution in [2.45, 2.75) is 70.8 Å². The molecule has 0 heterocycles. The van der Waals surface area contributed by atoms with Crippen molar-refractivity contribution in [1.29, 1.82) is 0 Å². The molecule has 0 saturated heterocycles. The van der Waals surface area contributed by atoms with Gasteiger partial charge in [0.1, 0.15) is 6.54 Å². The second-order valence-electron chi connectivity index (χ2n) is 8.10. The number of carbonyl (C=O) groups is 2. The largest absolute Gasteiger partial charge is 0.481 e. The van der Waals surface area contributed by atoms with E-state index in [1.807, 2.05) is 33.3 Å². The van der Waals surface area contributed by atoms with E-state index in [1.165, 1.54) is 25.7 Å². The molecule has 0 aromatic rings. The standard InChI is InChI=1S/C23H39NO4/c1-5-6-7-8-9-10-11-12-13-14-15-16-17-18-23(27)28-21(19-22(25)26)20-24(2,3)4/h9-10,12-13,15-16,21H,5-8,11,14,17-20H2,1-4H3/p+1/b10-9+,13-12+,16-15+. The van der Waals surface area contributed by atoms with Gasteiger partial charge in [0.05, 0.1) is 27.6 Å². The molecule has 0 spiro atoms. The van der Waals surface area contributed by atoms with Gasteiger partial charge in [-0.05, 0) is 32.1 Å². The highest BCUT2D eigenvalue weighted by Gasteiger charge is 2.24. The summed E-state index contributed by atoms with van der Waals surface area (Å²) in [5.41, 5.74) is 0. The Kier molecular flexibility index (Phi) is 15.0. The summed E-state index contributed by atoms with van der Waals surface area (Å²) in [7, 11) is 5.84. The van der Waals surface area contributed by atoms with E-state index in [0.29, 0.717) is 17.4 Å². The summed E-state index contributed by atoms with van der Waals surface area (Å²) in [4.78, 5) is 22.9. The fourth-order valence-electron chi connectivity index (χ4n) is 2.69. The number of allylic oxidation sites excluding steroid dienone is 6. The zero-order chi connectivity index (χ0) is 21.3. The fourth-order valence-corrected chi connectivity index (χ4v) is 2.69. The molecule has 160 valence electrons. The first kappa shape index (κ1) is 26.1. The van der Waals surface area contributed by atoms with Crippen molar-refractivity contribution in [2.75, 3.05) is 27.7 Å². The number of likely N-dealkylation sites (N-methyl/N-ethyl adjacent to an activating group) is 1. The molecule has 0 saturated carbocycles. The summed E-state index contributed by atoms with van der Waals surface area (Å²) < 4.78 is 5.90. The molecule has 1 atom stereocenters. The van der Waals surface area contributed by atoms with E-state index < -0.39 is 12.1 Å². The number of quaternary nitrogens is 1. The van der Waals surface area contributed by atoms with E-state index in [2.05, 4.69) is 31.2 Å². The third-order valence-corrected chi connectivity index (χ3v) is 3.99. The highest BCUT2D eigenvalue weighted by Crippen LogP contribution is 2.08. The molecule has 0 fully saturated rings. The molecule has 28 heavy (non-hydrogen) atoms. The number of aliphatic carboxylic acids is 1. The molecule has 1 unspecified atom stereocenters. The number of carbonyl (C=O) groups excluding carboxylic acids is 1. The van der Waals surface area contributed by atoms with Crippen LogP contribution in [-0.2, 0) is 14.3 Å². The predicted molar refractivity (Wildman–Crippen MR) is 115 cm³/mol. The SMILES string of the molecule is CCCCC/C=C/C/C=C/C/C=C/CCC(=O)OC(CC(=O)O)C[N+](C)(C)C. The lowest BCUT2D eigenvalue weighted by Gasteiger charge is -2.28. The Morgan fingerprint density at radius 3 is 2.04 bits per heavy atom. The van der Waals surface area contributed by atoms with Crippen LogP contribution in [0, 0.1) is 0 Å². The molecular weight excluding hydrogens is 354 g/mol. The van der Waals surface area contributed by atoms with Gasteiger partial charge < -0.3 is 14.3 Å². The molecule has 0 amide bonds. The van der Waals surface area contributed by atoms with Gasteiger partial charge in [-0.25, -0.2) is 0 Å². The molecule has 5 nitrogen and oxygen atoms in total. The molecule has 0 radical (unpaired) electrons. The summed E-state index contributed by atoms with van der Waals surface area (Å²) >= 11 is 0. The van der Waals surface area contributed by atoms with Crippen molar-refractivity contribution in [3.8, 4) is 0 Å². The Bertz CT molecular complexity index is 515. The number of unbranched alkanes of at least 4 members (excludes halogenated alkanes) is 3. The van der Waals surface area contributed by atoms with Crippen LogP contribution in [0.5, 0.6) is 0 Å². The Morgan fingerprint density at radius 1 is 0.929 bits per heavy atom. The van der Waals surface area contributed by atoms with Crippen LogP contribution in [0.4, 0.5) is 0 Å². The van der Waals surface area contributed by atoms with Gasteiger partial charge >= 0.3 is 11.9 Å². The minimum absolute atomic E-state index is 0.158. The zero-order valence-corrected chi connectivity index (χ0v) is 18.2. The number of carboxylic acid groups (broad SMARTS) is 1. The van der Waals surface area contributed by atoms with E-state index in [4.69, 9.17) is 9.84 Å². The van der Waals surface area contributed by atoms with Crippen molar-refractivity contribution >= 4 is 11.9 Å². The number of ether oxygens (including phenoxy) is 1. The Hall–Kier alpha value is -1.88. The molecule has 0 aliphatic carbocycles. The summed E-state index contributed by atoms with van der Waals surface area (Å²) in [6, 6.07) is 0. The summed E-state index contributed by atoms with van der Waals surface area (Å²) in [5.74, 6) is -1.29. The number of carboxylic acids is 1. The van der Waals surface area contributed by atoms with Gasteiger partial charge in [0.2, 0.25) is 0 Å². The van der Waals surface area contributed by atoms with Crippen LogP contribution in [0.25, 0.3) is 0 Å². The average Bonchev–Trinajstić information content (AvgIpc) is 2.56. The van der Waals surface area contributed by atoms with Crippen LogP contribution < -0.4 is 0 Å². The average molecular weight is 395 g/mol. The zero-order valence-electron chi connectivity index (χ0n) is 18.2. The smallest absolute Gasteiger partial charge is 0.307 e. The molecule has 5 heteroatoms. The van der Waals surface area contributed by atoms with Crippen molar-refractivity contribution < 1.29 is 23.9 Å². The highest BCUT2D eigenvalue weighted by atomic mass is 16.5. The van der Waals surface area contributed by atoms with Crippen LogP contribution in [-0.4, -0.2) is 55.3 Å². The number of esters is 1. The van der Waals surface area contributed by atoms with Crippen molar-refractivity contribution in [1.82, 2.24) is 0 Å². The van der Waals surface area contributed by atoms with Gasteiger partial charge in [0.15, 0.2) is 6.10 Å². The van der Waals surface area contributed by atoms with Gasteiger partial charge in [0, 0.05) is 6.42 Å². The second kappa shape index (κ2) is 16.1. The van der Waals surface area contributed by atoms with Crippen LogP contribution in [0.2, 0.25) is 0 Å². The van der Waals surface area contributed by atoms with E-state index in [0.717, 1.165) is 12.8 Å². The number of rotatable bonds is 16. The monoisotopic (exact) mass is 394 g/mol. The third kappa shape index (κ3) is 18.9. The first-order valence-electron chi connectivity index (χ1n) is 10.4. The summed E-state index contributed by atoms with van der Waals surface area (Å²) in [6.07, 6.45) is 19.7. The summed E-state index contributed by atoms with van der Waals surface area (Å²) in [5, 5.41) is 8.97. The normalized spacial score (nSPS) is 13.6. The van der Waals surface area contributed by atoms with Crippen LogP contribution >= 0.6 is 0 Å². The van der Waals surface area contributed by atoms with E-state index in [-0.39, 0.29) is 18.8 Å². The van der Waals surface area contributed by atoms with E-state index >= 15 is 0 Å². The molecule has 0 aliphatic heterocycles. The molecule has 0 bridgehead atoms. The maximum absolute atomic E-state index is 11.9. The lowest BCUT2D eigenvalue weighted by Crippen LogP contribution is -2.43. The lowest BCUT2D eigenvalue weighted by atomic mass is 10.2. The fraction of sp³-hybridized carbons (Fsp3) is 0.652. The van der Waals surface area contributed by atoms with E-state index in [1.54, 1.807) is 0 Å². The van der Waals surface area contributed by atoms with Crippen molar-refractivity contribution in [2.24, 2.45) is 0 Å². The first-order chi connectivity index (χ1) is 13.2. The predicted octanol–water partition coefficient (Wildman–Crippen LogP) is 4.89. The first-order valence-corrected chi connectivity index (χ1v) is 10.4. The lowest BCUT2D eigenvalue weighted by molar-refractivity contribution is -0.873. The highest BCUT2D eigenvalue weighted by molar-refractivity contribution is 5.71. The molecule has 0 aromatic carbocycles. The maximum Gasteiger partial charge on any atom is 0.307 e.